The molecule has 138 valence electrons. The van der Waals surface area contributed by atoms with Crippen LogP contribution in [0.15, 0.2) is 66.7 Å². The van der Waals surface area contributed by atoms with Crippen LogP contribution in [0.2, 0.25) is 5.02 Å². The summed E-state index contributed by atoms with van der Waals surface area (Å²) in [6.45, 7) is 0. The molecule has 1 heterocycles. The minimum atomic E-state index is -0.371. The predicted molar refractivity (Wildman–Crippen MR) is 107 cm³/mol. The van der Waals surface area contributed by atoms with Crippen molar-refractivity contribution in [3.05, 3.63) is 88.4 Å². The monoisotopic (exact) mass is 381 g/mol. The molecule has 3 aromatic rings. The molecule has 0 aromatic heterocycles. The fourth-order valence-corrected chi connectivity index (χ4v) is 3.52. The highest BCUT2D eigenvalue weighted by molar-refractivity contribution is 6.30. The van der Waals surface area contributed by atoms with Gasteiger partial charge in [0.2, 0.25) is 0 Å². The van der Waals surface area contributed by atoms with Gasteiger partial charge in [0.1, 0.15) is 17.6 Å². The van der Waals surface area contributed by atoms with Gasteiger partial charge < -0.3 is 19.5 Å². The highest BCUT2D eigenvalue weighted by Crippen LogP contribution is 2.44. The number of methoxy groups -OCH3 is 2. The summed E-state index contributed by atoms with van der Waals surface area (Å²) in [6.07, 6.45) is -0.609. The molecule has 1 aliphatic rings. The average molecular weight is 382 g/mol. The molecule has 0 saturated heterocycles. The Morgan fingerprint density at radius 1 is 0.889 bits per heavy atom. The Hall–Kier alpha value is -2.69. The van der Waals surface area contributed by atoms with Crippen molar-refractivity contribution in [1.82, 2.24) is 0 Å². The zero-order chi connectivity index (χ0) is 18.8. The van der Waals surface area contributed by atoms with Gasteiger partial charge in [0.25, 0.3) is 0 Å². The van der Waals surface area contributed by atoms with Gasteiger partial charge in [-0.15, -0.1) is 0 Å². The number of hydrogen-bond acceptors (Lipinski definition) is 4. The van der Waals surface area contributed by atoms with Gasteiger partial charge in [-0.05, 0) is 35.9 Å². The summed E-state index contributed by atoms with van der Waals surface area (Å²) in [5.74, 6) is 1.44. The molecule has 0 aliphatic carbocycles. The summed E-state index contributed by atoms with van der Waals surface area (Å²) >= 11 is 6.25. The lowest BCUT2D eigenvalue weighted by molar-refractivity contribution is 0.0145. The van der Waals surface area contributed by atoms with Gasteiger partial charge in [-0.2, -0.15) is 0 Å². The molecule has 27 heavy (non-hydrogen) atoms. The lowest BCUT2D eigenvalue weighted by Crippen LogP contribution is -2.25. The number of benzene rings is 3. The Labute approximate surface area is 163 Å². The second kappa shape index (κ2) is 7.51. The van der Waals surface area contributed by atoms with Crippen molar-refractivity contribution in [3.8, 4) is 11.5 Å². The van der Waals surface area contributed by atoms with Crippen LogP contribution in [0.4, 0.5) is 5.69 Å². The van der Waals surface area contributed by atoms with Gasteiger partial charge in [-0.1, -0.05) is 41.9 Å². The zero-order valence-electron chi connectivity index (χ0n) is 15.1. The van der Waals surface area contributed by atoms with Crippen molar-refractivity contribution in [1.29, 1.82) is 0 Å². The largest absolute Gasteiger partial charge is 0.497 e. The van der Waals surface area contributed by atoms with Gasteiger partial charge in [0.05, 0.1) is 14.2 Å². The molecule has 3 aromatic carbocycles. The number of nitrogens with one attached hydrogen (secondary N) is 1. The molecule has 4 rings (SSSR count). The molecule has 0 radical (unpaired) electrons. The lowest BCUT2D eigenvalue weighted by Gasteiger charge is -2.35. The summed E-state index contributed by atoms with van der Waals surface area (Å²) < 4.78 is 17.3. The van der Waals surface area contributed by atoms with Crippen LogP contribution < -0.4 is 14.8 Å². The van der Waals surface area contributed by atoms with Crippen LogP contribution >= 0.6 is 11.6 Å². The first-order valence-electron chi connectivity index (χ1n) is 8.68. The first-order chi connectivity index (χ1) is 13.2. The number of ether oxygens (including phenoxy) is 3. The Bertz CT molecular complexity index is 946. The van der Waals surface area contributed by atoms with Crippen LogP contribution in [0.1, 0.15) is 29.0 Å². The van der Waals surface area contributed by atoms with E-state index in [1.54, 1.807) is 14.2 Å². The fourth-order valence-electron chi connectivity index (χ4n) is 3.34. The van der Waals surface area contributed by atoms with E-state index in [9.17, 15) is 0 Å². The molecule has 0 fully saturated rings. The molecule has 1 aliphatic heterocycles. The molecule has 0 amide bonds. The van der Waals surface area contributed by atoms with Crippen LogP contribution in [-0.4, -0.2) is 14.2 Å². The highest BCUT2D eigenvalue weighted by Gasteiger charge is 2.31. The van der Waals surface area contributed by atoms with Crippen molar-refractivity contribution < 1.29 is 14.2 Å². The molecule has 0 unspecified atom stereocenters. The minimum Gasteiger partial charge on any atom is -0.497 e. The number of rotatable bonds is 4. The third-order valence-electron chi connectivity index (χ3n) is 4.68. The average Bonchev–Trinajstić information content (AvgIpc) is 2.73. The Kier molecular flexibility index (Phi) is 4.92. The summed E-state index contributed by atoms with van der Waals surface area (Å²) in [4.78, 5) is 0. The van der Waals surface area contributed by atoms with E-state index in [-0.39, 0.29) is 12.3 Å². The molecule has 0 spiro atoms. The van der Waals surface area contributed by atoms with Crippen LogP contribution in [0.5, 0.6) is 11.5 Å². The van der Waals surface area contributed by atoms with Crippen molar-refractivity contribution in [2.45, 2.75) is 12.3 Å². The van der Waals surface area contributed by atoms with Crippen molar-refractivity contribution in [2.24, 2.45) is 0 Å². The maximum Gasteiger partial charge on any atom is 0.158 e. The second-order valence-corrected chi connectivity index (χ2v) is 6.73. The Morgan fingerprint density at radius 2 is 1.70 bits per heavy atom. The first kappa shape index (κ1) is 17.7. The minimum absolute atomic E-state index is 0.238. The van der Waals surface area contributed by atoms with E-state index >= 15 is 0 Å². The van der Waals surface area contributed by atoms with E-state index in [0.717, 1.165) is 28.1 Å². The van der Waals surface area contributed by atoms with Gasteiger partial charge in [-0.3, -0.25) is 0 Å². The molecule has 0 bridgehead atoms. The smallest absolute Gasteiger partial charge is 0.158 e. The number of anilines is 1. The van der Waals surface area contributed by atoms with Crippen LogP contribution in [0.3, 0.4) is 0 Å². The standard InChI is InChI=1S/C22H20ClNO3/c1-25-16-9-10-17(20(13-16)26-2)22-24-19-11-8-15(23)12-18(19)21(27-22)14-6-4-3-5-7-14/h3-13,21-22,24H,1-2H3/t21-,22-/m1/s1. The van der Waals surface area contributed by atoms with Crippen molar-refractivity contribution in [3.63, 3.8) is 0 Å². The summed E-state index contributed by atoms with van der Waals surface area (Å²) in [7, 11) is 3.28. The normalized spacial score (nSPS) is 18.3. The number of hydrogen-bond donors (Lipinski definition) is 1. The third kappa shape index (κ3) is 3.46. The highest BCUT2D eigenvalue weighted by atomic mass is 35.5. The summed E-state index contributed by atoms with van der Waals surface area (Å²) in [5.41, 5.74) is 3.97. The van der Waals surface area contributed by atoms with Gasteiger partial charge >= 0.3 is 0 Å². The number of fused-ring (bicyclic) bond motifs is 1. The van der Waals surface area contributed by atoms with E-state index in [2.05, 4.69) is 17.4 Å². The van der Waals surface area contributed by atoms with E-state index in [0.29, 0.717) is 10.8 Å². The zero-order valence-corrected chi connectivity index (χ0v) is 15.9. The molecule has 0 saturated carbocycles. The number of halogens is 1. The summed E-state index contributed by atoms with van der Waals surface area (Å²) in [6, 6.07) is 21.7. The molecule has 5 heteroatoms. The Balaban J connectivity index is 1.78. The third-order valence-corrected chi connectivity index (χ3v) is 4.92. The Morgan fingerprint density at radius 3 is 2.44 bits per heavy atom. The van der Waals surface area contributed by atoms with Crippen LogP contribution in [-0.2, 0) is 4.74 Å². The molecule has 1 N–H and O–H groups in total. The summed E-state index contributed by atoms with van der Waals surface area (Å²) in [5, 5.41) is 4.13. The van der Waals surface area contributed by atoms with Crippen molar-refractivity contribution in [2.75, 3.05) is 19.5 Å². The van der Waals surface area contributed by atoms with E-state index in [4.69, 9.17) is 25.8 Å². The SMILES string of the molecule is COc1ccc([C@@H]2Nc3ccc(Cl)cc3[C@@H](c3ccccc3)O2)c(OC)c1. The maximum atomic E-state index is 6.47. The van der Waals surface area contributed by atoms with Crippen molar-refractivity contribution >= 4 is 17.3 Å². The van der Waals surface area contributed by atoms with Gasteiger partial charge in [0.15, 0.2) is 6.23 Å². The van der Waals surface area contributed by atoms with Crippen LogP contribution in [0, 0.1) is 0 Å². The fraction of sp³-hybridized carbons (Fsp3) is 0.182. The molecule has 2 atom stereocenters. The predicted octanol–water partition coefficient (Wildman–Crippen LogP) is 5.59. The van der Waals surface area contributed by atoms with E-state index in [1.807, 2.05) is 54.6 Å². The first-order valence-corrected chi connectivity index (χ1v) is 9.05. The lowest BCUT2D eigenvalue weighted by atomic mass is 9.97. The second-order valence-electron chi connectivity index (χ2n) is 6.29. The quantitative estimate of drug-likeness (QED) is 0.639. The molecular formula is C22H20ClNO3. The molecular weight excluding hydrogens is 362 g/mol. The van der Waals surface area contributed by atoms with E-state index in [1.165, 1.54) is 0 Å². The topological polar surface area (TPSA) is 39.7 Å². The van der Waals surface area contributed by atoms with E-state index < -0.39 is 0 Å². The van der Waals surface area contributed by atoms with Gasteiger partial charge in [0, 0.05) is 27.9 Å². The maximum absolute atomic E-state index is 6.47. The molecule has 4 nitrogen and oxygen atoms in total. The van der Waals surface area contributed by atoms with Crippen LogP contribution in [0.25, 0.3) is 0 Å². The van der Waals surface area contributed by atoms with Gasteiger partial charge in [-0.25, -0.2) is 0 Å².